The van der Waals surface area contributed by atoms with Crippen LogP contribution in [0.25, 0.3) is 0 Å². The molecule has 1 aromatic heterocycles. The van der Waals surface area contributed by atoms with Crippen molar-refractivity contribution in [3.63, 3.8) is 0 Å². The first kappa shape index (κ1) is 12.4. The van der Waals surface area contributed by atoms with Gasteiger partial charge in [0.2, 0.25) is 5.88 Å². The summed E-state index contributed by atoms with van der Waals surface area (Å²) < 4.78 is 5.50. The van der Waals surface area contributed by atoms with Crippen molar-refractivity contribution in [1.29, 1.82) is 0 Å². The fourth-order valence-corrected chi connectivity index (χ4v) is 1.76. The van der Waals surface area contributed by atoms with Crippen molar-refractivity contribution in [2.24, 2.45) is 0 Å². The maximum Gasteiger partial charge on any atom is 0.224 e. The summed E-state index contributed by atoms with van der Waals surface area (Å²) in [5.41, 5.74) is 0. The van der Waals surface area contributed by atoms with E-state index >= 15 is 0 Å². The first-order valence-corrected chi connectivity index (χ1v) is 5.82. The van der Waals surface area contributed by atoms with Gasteiger partial charge in [0, 0.05) is 17.2 Å². The molecule has 88 valence electrons. The number of nitrogens with zero attached hydrogens (tertiary/aromatic N) is 2. The lowest BCUT2D eigenvalue weighted by Gasteiger charge is -2.07. The van der Waals surface area contributed by atoms with E-state index in [-0.39, 0.29) is 0 Å². The van der Waals surface area contributed by atoms with Crippen LogP contribution in [0.1, 0.15) is 5.82 Å². The predicted octanol–water partition coefficient (Wildman–Crippen LogP) is 4.54. The van der Waals surface area contributed by atoms with Gasteiger partial charge in [-0.25, -0.2) is 4.98 Å². The second kappa shape index (κ2) is 5.08. The van der Waals surface area contributed by atoms with E-state index in [4.69, 9.17) is 39.5 Å². The third-order valence-electron chi connectivity index (χ3n) is 1.89. The van der Waals surface area contributed by atoms with Gasteiger partial charge in [-0.1, -0.05) is 34.8 Å². The van der Waals surface area contributed by atoms with Gasteiger partial charge >= 0.3 is 0 Å². The number of rotatable bonds is 2. The number of hydrogen-bond acceptors (Lipinski definition) is 3. The summed E-state index contributed by atoms with van der Waals surface area (Å²) in [6.45, 7) is 1.72. The molecule has 17 heavy (non-hydrogen) atoms. The van der Waals surface area contributed by atoms with Gasteiger partial charge in [-0.3, -0.25) is 0 Å². The van der Waals surface area contributed by atoms with Crippen LogP contribution in [0.3, 0.4) is 0 Å². The number of aromatic nitrogens is 2. The Morgan fingerprint density at radius 1 is 1.06 bits per heavy atom. The average Bonchev–Trinajstić information content (AvgIpc) is 2.22. The van der Waals surface area contributed by atoms with Crippen molar-refractivity contribution in [2.45, 2.75) is 6.92 Å². The number of benzene rings is 1. The molecule has 0 amide bonds. The summed E-state index contributed by atoms with van der Waals surface area (Å²) in [6, 6.07) is 6.44. The Morgan fingerprint density at radius 3 is 2.53 bits per heavy atom. The molecule has 0 fully saturated rings. The minimum absolute atomic E-state index is 0.311. The molecule has 0 spiro atoms. The highest BCUT2D eigenvalue weighted by molar-refractivity contribution is 6.34. The van der Waals surface area contributed by atoms with Crippen LogP contribution in [0.4, 0.5) is 0 Å². The van der Waals surface area contributed by atoms with Gasteiger partial charge in [0.1, 0.15) is 16.7 Å². The third kappa shape index (κ3) is 3.22. The van der Waals surface area contributed by atoms with Gasteiger partial charge in [0.25, 0.3) is 0 Å². The van der Waals surface area contributed by atoms with E-state index in [0.717, 1.165) is 0 Å². The maximum atomic E-state index is 5.97. The monoisotopic (exact) mass is 288 g/mol. The fraction of sp³-hybridized carbons (Fsp3) is 0.0909. The zero-order valence-electron chi connectivity index (χ0n) is 8.75. The van der Waals surface area contributed by atoms with Crippen LogP contribution in [-0.2, 0) is 0 Å². The Labute approximate surface area is 113 Å². The number of ether oxygens (including phenoxy) is 1. The molecular formula is C11H7Cl3N2O. The van der Waals surface area contributed by atoms with Gasteiger partial charge in [0.05, 0.1) is 5.02 Å². The average molecular weight is 290 g/mol. The maximum absolute atomic E-state index is 5.97. The van der Waals surface area contributed by atoms with E-state index in [9.17, 15) is 0 Å². The molecule has 0 aliphatic carbocycles. The van der Waals surface area contributed by atoms with Crippen LogP contribution < -0.4 is 4.74 Å². The van der Waals surface area contributed by atoms with E-state index in [0.29, 0.717) is 32.7 Å². The highest BCUT2D eigenvalue weighted by Crippen LogP contribution is 2.31. The lowest BCUT2D eigenvalue weighted by atomic mass is 10.3. The first-order chi connectivity index (χ1) is 8.04. The van der Waals surface area contributed by atoms with E-state index in [2.05, 4.69) is 9.97 Å². The Kier molecular flexibility index (Phi) is 3.72. The molecule has 1 aromatic carbocycles. The van der Waals surface area contributed by atoms with Gasteiger partial charge in [-0.2, -0.15) is 4.98 Å². The lowest BCUT2D eigenvalue weighted by molar-refractivity contribution is 0.460. The molecule has 0 aliphatic rings. The zero-order valence-corrected chi connectivity index (χ0v) is 11.0. The predicted molar refractivity (Wildman–Crippen MR) is 68.3 cm³/mol. The molecule has 0 atom stereocenters. The van der Waals surface area contributed by atoms with Crippen LogP contribution in [-0.4, -0.2) is 9.97 Å². The summed E-state index contributed by atoms with van der Waals surface area (Å²) >= 11 is 17.6. The Hall–Kier alpha value is -1.03. The molecule has 0 unspecified atom stereocenters. The molecule has 0 N–H and O–H groups in total. The van der Waals surface area contributed by atoms with Crippen LogP contribution >= 0.6 is 34.8 Å². The van der Waals surface area contributed by atoms with Gasteiger partial charge in [-0.05, 0) is 19.1 Å². The van der Waals surface area contributed by atoms with Crippen molar-refractivity contribution in [3.05, 3.63) is 45.3 Å². The van der Waals surface area contributed by atoms with Crippen molar-refractivity contribution in [1.82, 2.24) is 9.97 Å². The van der Waals surface area contributed by atoms with Gasteiger partial charge in [0.15, 0.2) is 0 Å². The molecule has 3 nitrogen and oxygen atoms in total. The third-order valence-corrected chi connectivity index (χ3v) is 2.63. The standard InChI is InChI=1S/C11H7Cl3N2O/c1-6-15-10(14)5-11(16-6)17-9-4-7(12)2-3-8(9)13/h2-5H,1H3. The fourth-order valence-electron chi connectivity index (χ4n) is 1.23. The second-order valence-corrected chi connectivity index (χ2v) is 4.48. The minimum atomic E-state index is 0.311. The normalized spacial score (nSPS) is 10.4. The molecule has 0 saturated carbocycles. The highest BCUT2D eigenvalue weighted by Gasteiger charge is 2.07. The zero-order chi connectivity index (χ0) is 12.4. The topological polar surface area (TPSA) is 35.0 Å². The SMILES string of the molecule is Cc1nc(Cl)cc(Oc2cc(Cl)ccc2Cl)n1. The van der Waals surface area contributed by atoms with Gasteiger partial charge in [-0.15, -0.1) is 0 Å². The smallest absolute Gasteiger partial charge is 0.224 e. The van der Waals surface area contributed by atoms with Crippen LogP contribution in [0.2, 0.25) is 15.2 Å². The van der Waals surface area contributed by atoms with Crippen molar-refractivity contribution >= 4 is 34.8 Å². The van der Waals surface area contributed by atoms with Crippen molar-refractivity contribution in [3.8, 4) is 11.6 Å². The Balaban J connectivity index is 2.34. The molecule has 2 aromatic rings. The molecule has 0 bridgehead atoms. The number of halogens is 3. The number of aryl methyl sites for hydroxylation is 1. The summed E-state index contributed by atoms with van der Waals surface area (Å²) in [4.78, 5) is 8.01. The molecule has 6 heteroatoms. The molecule has 0 radical (unpaired) electrons. The van der Waals surface area contributed by atoms with Crippen LogP contribution in [0, 0.1) is 6.92 Å². The molecule has 0 aliphatic heterocycles. The van der Waals surface area contributed by atoms with E-state index < -0.39 is 0 Å². The van der Waals surface area contributed by atoms with Crippen molar-refractivity contribution < 1.29 is 4.74 Å². The quantitative estimate of drug-likeness (QED) is 0.761. The van der Waals surface area contributed by atoms with E-state index in [1.54, 1.807) is 25.1 Å². The van der Waals surface area contributed by atoms with E-state index in [1.807, 2.05) is 0 Å². The second-order valence-electron chi connectivity index (χ2n) is 3.25. The Morgan fingerprint density at radius 2 is 1.82 bits per heavy atom. The van der Waals surface area contributed by atoms with E-state index in [1.165, 1.54) is 6.07 Å². The molecule has 2 rings (SSSR count). The summed E-state index contributed by atoms with van der Waals surface area (Å²) in [7, 11) is 0. The summed E-state index contributed by atoms with van der Waals surface area (Å²) in [5.74, 6) is 1.27. The summed E-state index contributed by atoms with van der Waals surface area (Å²) in [5, 5.41) is 1.29. The largest absolute Gasteiger partial charge is 0.437 e. The lowest BCUT2D eigenvalue weighted by Crippen LogP contribution is -1.93. The van der Waals surface area contributed by atoms with Crippen LogP contribution in [0.15, 0.2) is 24.3 Å². The minimum Gasteiger partial charge on any atom is -0.437 e. The number of hydrogen-bond donors (Lipinski definition) is 0. The summed E-state index contributed by atoms with van der Waals surface area (Å²) in [6.07, 6.45) is 0. The Bertz CT molecular complexity index is 540. The highest BCUT2D eigenvalue weighted by atomic mass is 35.5. The van der Waals surface area contributed by atoms with Crippen LogP contribution in [0.5, 0.6) is 11.6 Å². The molecule has 0 saturated heterocycles. The van der Waals surface area contributed by atoms with Gasteiger partial charge < -0.3 is 4.74 Å². The van der Waals surface area contributed by atoms with Crippen molar-refractivity contribution in [2.75, 3.05) is 0 Å². The molecular weight excluding hydrogens is 282 g/mol. The molecule has 1 heterocycles. The first-order valence-electron chi connectivity index (χ1n) is 4.69.